The van der Waals surface area contributed by atoms with E-state index in [1.165, 1.54) is 16.7 Å². The average Bonchev–Trinajstić information content (AvgIpc) is 3.13. The van der Waals surface area contributed by atoms with Gasteiger partial charge in [0.05, 0.1) is 5.39 Å². The first kappa shape index (κ1) is 18.4. The molecular weight excluding hydrogens is 370 g/mol. The van der Waals surface area contributed by atoms with Gasteiger partial charge >= 0.3 is 0 Å². The van der Waals surface area contributed by atoms with E-state index >= 15 is 0 Å². The van der Waals surface area contributed by atoms with E-state index in [4.69, 9.17) is 10.7 Å². The van der Waals surface area contributed by atoms with Crippen molar-refractivity contribution in [3.05, 3.63) is 64.0 Å². The highest BCUT2D eigenvalue weighted by Crippen LogP contribution is 2.32. The molecule has 0 aliphatic heterocycles. The zero-order valence-electron chi connectivity index (χ0n) is 15.6. The number of amides is 1. The van der Waals surface area contributed by atoms with Crippen LogP contribution in [0, 0.1) is 0 Å². The lowest BCUT2D eigenvalue weighted by Crippen LogP contribution is -2.25. The third kappa shape index (κ3) is 3.31. The van der Waals surface area contributed by atoms with Crippen LogP contribution < -0.4 is 11.3 Å². The molecule has 0 saturated heterocycles. The zero-order chi connectivity index (χ0) is 19.7. The summed E-state index contributed by atoms with van der Waals surface area (Å²) in [7, 11) is 0. The Balaban J connectivity index is 1.85. The first-order valence-corrected chi connectivity index (χ1v) is 10.2. The molecule has 6 heteroatoms. The molecule has 0 spiro atoms. The molecule has 4 aromatic rings. The Labute approximate surface area is 166 Å². The predicted molar refractivity (Wildman–Crippen MR) is 115 cm³/mol. The quantitative estimate of drug-likeness (QED) is 0.537. The number of hydrogen-bond donors (Lipinski definition) is 1. The van der Waals surface area contributed by atoms with Crippen molar-refractivity contribution in [3.8, 4) is 11.1 Å². The fraction of sp³-hybridized carbons (Fsp3) is 0.227. The fourth-order valence-electron chi connectivity index (χ4n) is 3.55. The minimum Gasteiger partial charge on any atom is -0.370 e. The van der Waals surface area contributed by atoms with Crippen molar-refractivity contribution >= 4 is 38.2 Å². The van der Waals surface area contributed by atoms with E-state index in [2.05, 4.69) is 30.3 Å². The molecule has 0 unspecified atom stereocenters. The number of carbonyl (C=O) groups excluding carboxylic acids is 1. The molecule has 0 saturated carbocycles. The highest BCUT2D eigenvalue weighted by molar-refractivity contribution is 7.17. The average molecular weight is 391 g/mol. The van der Waals surface area contributed by atoms with Gasteiger partial charge in [-0.3, -0.25) is 14.2 Å². The maximum Gasteiger partial charge on any atom is 0.262 e. The lowest BCUT2D eigenvalue weighted by molar-refractivity contribution is -0.118. The number of rotatable bonds is 6. The van der Waals surface area contributed by atoms with Crippen LogP contribution in [0.4, 0.5) is 0 Å². The van der Waals surface area contributed by atoms with E-state index in [1.54, 1.807) is 4.57 Å². The van der Waals surface area contributed by atoms with Crippen molar-refractivity contribution < 1.29 is 4.79 Å². The van der Waals surface area contributed by atoms with Crippen molar-refractivity contribution in [3.63, 3.8) is 0 Å². The van der Waals surface area contributed by atoms with E-state index < -0.39 is 0 Å². The number of benzene rings is 2. The Morgan fingerprint density at radius 1 is 1.18 bits per heavy atom. The number of aromatic nitrogens is 2. The Bertz CT molecular complexity index is 1240. The van der Waals surface area contributed by atoms with E-state index in [-0.39, 0.29) is 17.9 Å². The summed E-state index contributed by atoms with van der Waals surface area (Å²) in [6.45, 7) is 2.43. The predicted octanol–water partition coefficient (Wildman–Crippen LogP) is 4.11. The summed E-state index contributed by atoms with van der Waals surface area (Å²) in [6.07, 6.45) is 1.45. The van der Waals surface area contributed by atoms with Gasteiger partial charge in [-0.05, 0) is 28.8 Å². The van der Waals surface area contributed by atoms with Gasteiger partial charge in [-0.2, -0.15) is 0 Å². The van der Waals surface area contributed by atoms with Gasteiger partial charge in [-0.25, -0.2) is 4.98 Å². The SMILES string of the molecule is CCc1nc2scc(-c3ccc4ccccc4c3)c2c(=O)n1CCCC(N)=O. The number of fused-ring (bicyclic) bond motifs is 2. The number of nitrogens with two attached hydrogens (primary N) is 1. The summed E-state index contributed by atoms with van der Waals surface area (Å²) < 4.78 is 1.70. The molecule has 0 aliphatic carbocycles. The van der Waals surface area contributed by atoms with Crippen molar-refractivity contribution in [2.24, 2.45) is 5.73 Å². The monoisotopic (exact) mass is 391 g/mol. The van der Waals surface area contributed by atoms with Gasteiger partial charge in [-0.15, -0.1) is 11.3 Å². The molecule has 0 aliphatic rings. The maximum absolute atomic E-state index is 13.3. The second-order valence-electron chi connectivity index (χ2n) is 6.80. The molecule has 0 atom stereocenters. The van der Waals surface area contributed by atoms with Crippen LogP contribution in [0.1, 0.15) is 25.6 Å². The van der Waals surface area contributed by atoms with Crippen LogP contribution in [0.3, 0.4) is 0 Å². The minimum atomic E-state index is -0.354. The van der Waals surface area contributed by atoms with Gasteiger partial charge in [0.15, 0.2) is 0 Å². The molecular formula is C22H21N3O2S. The second-order valence-corrected chi connectivity index (χ2v) is 7.66. The van der Waals surface area contributed by atoms with Crippen molar-refractivity contribution in [1.82, 2.24) is 9.55 Å². The molecule has 28 heavy (non-hydrogen) atoms. The van der Waals surface area contributed by atoms with Crippen LogP contribution in [-0.4, -0.2) is 15.5 Å². The number of nitrogens with zero attached hydrogens (tertiary/aromatic N) is 2. The lowest BCUT2D eigenvalue weighted by Gasteiger charge is -2.11. The molecule has 4 rings (SSSR count). The van der Waals surface area contributed by atoms with Gasteiger partial charge < -0.3 is 5.73 Å². The van der Waals surface area contributed by atoms with Crippen LogP contribution in [0.15, 0.2) is 52.6 Å². The van der Waals surface area contributed by atoms with E-state index in [0.717, 1.165) is 27.2 Å². The van der Waals surface area contributed by atoms with Crippen LogP contribution >= 0.6 is 11.3 Å². The molecule has 5 nitrogen and oxygen atoms in total. The summed E-state index contributed by atoms with van der Waals surface area (Å²) in [5.74, 6) is 0.390. The maximum atomic E-state index is 13.3. The fourth-order valence-corrected chi connectivity index (χ4v) is 4.50. The molecule has 2 aromatic heterocycles. The Hall–Kier alpha value is -2.99. The molecule has 2 aromatic carbocycles. The Kier molecular flexibility index (Phi) is 4.96. The molecule has 2 N–H and O–H groups in total. The number of thiophene rings is 1. The summed E-state index contributed by atoms with van der Waals surface area (Å²) in [6, 6.07) is 14.4. The highest BCUT2D eigenvalue weighted by Gasteiger charge is 2.16. The Morgan fingerprint density at radius 3 is 2.71 bits per heavy atom. The molecule has 0 radical (unpaired) electrons. The zero-order valence-corrected chi connectivity index (χ0v) is 16.5. The first-order valence-electron chi connectivity index (χ1n) is 9.37. The molecule has 2 heterocycles. The van der Waals surface area contributed by atoms with Crippen LogP contribution in [0.2, 0.25) is 0 Å². The second kappa shape index (κ2) is 7.56. The van der Waals surface area contributed by atoms with Gasteiger partial charge in [-0.1, -0.05) is 43.3 Å². The molecule has 142 valence electrons. The van der Waals surface area contributed by atoms with Gasteiger partial charge in [0.1, 0.15) is 10.7 Å². The summed E-state index contributed by atoms with van der Waals surface area (Å²) in [5, 5.41) is 4.97. The summed E-state index contributed by atoms with van der Waals surface area (Å²) >= 11 is 1.50. The Morgan fingerprint density at radius 2 is 1.96 bits per heavy atom. The number of hydrogen-bond acceptors (Lipinski definition) is 4. The number of aryl methyl sites for hydroxylation is 1. The smallest absolute Gasteiger partial charge is 0.262 e. The van der Waals surface area contributed by atoms with Crippen molar-refractivity contribution in [2.45, 2.75) is 32.7 Å². The van der Waals surface area contributed by atoms with Gasteiger partial charge in [0, 0.05) is 30.3 Å². The topological polar surface area (TPSA) is 78.0 Å². The third-order valence-corrected chi connectivity index (χ3v) is 5.83. The molecule has 0 bridgehead atoms. The third-order valence-electron chi connectivity index (χ3n) is 4.95. The summed E-state index contributed by atoms with van der Waals surface area (Å²) in [5.41, 5.74) is 7.12. The largest absolute Gasteiger partial charge is 0.370 e. The minimum absolute atomic E-state index is 0.0456. The van der Waals surface area contributed by atoms with Crippen LogP contribution in [-0.2, 0) is 17.8 Å². The first-order chi connectivity index (χ1) is 13.6. The van der Waals surface area contributed by atoms with Crippen molar-refractivity contribution in [1.29, 1.82) is 0 Å². The van der Waals surface area contributed by atoms with Crippen LogP contribution in [0.5, 0.6) is 0 Å². The molecule has 0 fully saturated rings. The standard InChI is InChI=1S/C22H21N3O2S/c1-2-19-24-21-20(22(27)25(19)11-5-8-18(23)26)17(13-28-21)16-10-9-14-6-3-4-7-15(14)12-16/h3-4,6-7,9-10,12-13H,2,5,8,11H2,1H3,(H2,23,26). The van der Waals surface area contributed by atoms with E-state index in [1.807, 2.05) is 24.4 Å². The van der Waals surface area contributed by atoms with Crippen LogP contribution in [0.25, 0.3) is 32.1 Å². The van der Waals surface area contributed by atoms with Crippen molar-refractivity contribution in [2.75, 3.05) is 0 Å². The normalized spacial score (nSPS) is 11.3. The lowest BCUT2D eigenvalue weighted by atomic mass is 10.0. The van der Waals surface area contributed by atoms with E-state index in [9.17, 15) is 9.59 Å². The van der Waals surface area contributed by atoms with Gasteiger partial charge in [0.2, 0.25) is 5.91 Å². The number of carbonyl (C=O) groups is 1. The van der Waals surface area contributed by atoms with E-state index in [0.29, 0.717) is 24.8 Å². The van der Waals surface area contributed by atoms with Gasteiger partial charge in [0.25, 0.3) is 5.56 Å². The number of primary amides is 1. The summed E-state index contributed by atoms with van der Waals surface area (Å²) in [4.78, 5) is 29.9. The highest BCUT2D eigenvalue weighted by atomic mass is 32.1. The molecule has 1 amide bonds.